The number of nitrogens with one attached hydrogen (secondary N) is 2. The molecule has 0 aliphatic heterocycles. The number of hydrogen-bond acceptors (Lipinski definition) is 4. The Morgan fingerprint density at radius 3 is 2.61 bits per heavy atom. The van der Waals surface area contributed by atoms with Crippen LogP contribution in [0.4, 0.5) is 4.79 Å². The Kier molecular flexibility index (Phi) is 5.40. The smallest absolute Gasteiger partial charge is 0.408 e. The molecule has 96 valence electrons. The van der Waals surface area contributed by atoms with Gasteiger partial charge in [0, 0.05) is 0 Å². The first kappa shape index (κ1) is 13.7. The third kappa shape index (κ3) is 4.26. The van der Waals surface area contributed by atoms with Crippen molar-refractivity contribution in [3.63, 3.8) is 0 Å². The van der Waals surface area contributed by atoms with E-state index in [-0.39, 0.29) is 6.61 Å². The molecule has 0 spiro atoms. The monoisotopic (exact) mass is 250 g/mol. The number of alkyl carbamates (subject to hydrolysis) is 1. The number of hydrogen-bond donors (Lipinski definition) is 3. The Morgan fingerprint density at radius 1 is 1.39 bits per heavy atom. The van der Waals surface area contributed by atoms with Crippen LogP contribution >= 0.6 is 0 Å². The van der Waals surface area contributed by atoms with E-state index in [1.807, 2.05) is 18.2 Å². The number of ether oxygens (including phenoxy) is 1. The van der Waals surface area contributed by atoms with E-state index in [1.165, 1.54) is 11.6 Å². The second-order valence-corrected chi connectivity index (χ2v) is 3.40. The number of rotatable bonds is 5. The summed E-state index contributed by atoms with van der Waals surface area (Å²) in [5.74, 6) is -0.790. The topological polar surface area (TPSA) is 87.7 Å². The minimum absolute atomic E-state index is 0.0945. The van der Waals surface area contributed by atoms with Gasteiger partial charge in [0.1, 0.15) is 12.6 Å². The van der Waals surface area contributed by atoms with Crippen molar-refractivity contribution in [1.82, 2.24) is 10.8 Å². The summed E-state index contributed by atoms with van der Waals surface area (Å²) in [6.07, 6.45) is 0.405. The van der Waals surface area contributed by atoms with Gasteiger partial charge in [-0.2, -0.15) is 0 Å². The van der Waals surface area contributed by atoms with E-state index in [0.717, 1.165) is 5.56 Å². The van der Waals surface area contributed by atoms with Crippen LogP contribution in [0.5, 0.6) is 0 Å². The molecule has 1 aromatic rings. The lowest BCUT2D eigenvalue weighted by atomic mass is 10.2. The maximum atomic E-state index is 11.4. The van der Waals surface area contributed by atoms with E-state index in [4.69, 9.17) is 9.94 Å². The summed E-state index contributed by atoms with van der Waals surface area (Å²) in [6, 6.07) is 8.06. The average molecular weight is 250 g/mol. The van der Waals surface area contributed by atoms with Gasteiger partial charge in [-0.25, -0.2) is 10.3 Å². The first-order valence-corrected chi connectivity index (χ1v) is 5.21. The van der Waals surface area contributed by atoms with Crippen LogP contribution in [-0.2, 0) is 16.1 Å². The third-order valence-corrected chi connectivity index (χ3v) is 2.11. The molecule has 0 bridgehead atoms. The highest BCUT2D eigenvalue weighted by Crippen LogP contribution is 2.00. The van der Waals surface area contributed by atoms with Crippen LogP contribution in [0.15, 0.2) is 43.0 Å². The quantitative estimate of drug-likeness (QED) is 0.413. The van der Waals surface area contributed by atoms with Crippen molar-refractivity contribution in [2.45, 2.75) is 12.6 Å². The Hall–Kier alpha value is -2.34. The normalized spacial score (nSPS) is 11.2. The third-order valence-electron chi connectivity index (χ3n) is 2.11. The molecule has 18 heavy (non-hydrogen) atoms. The summed E-state index contributed by atoms with van der Waals surface area (Å²) in [4.78, 5) is 22.4. The predicted molar refractivity (Wildman–Crippen MR) is 63.7 cm³/mol. The lowest BCUT2D eigenvalue weighted by Gasteiger charge is -2.12. The van der Waals surface area contributed by atoms with E-state index >= 15 is 0 Å². The van der Waals surface area contributed by atoms with E-state index in [0.29, 0.717) is 0 Å². The molecule has 6 heteroatoms. The molecular formula is C12H14N2O4. The SMILES string of the molecule is C=CC(NC(=O)OCc1ccccc1)C(=O)NO. The molecule has 1 unspecified atom stereocenters. The van der Waals surface area contributed by atoms with E-state index < -0.39 is 18.0 Å². The molecule has 1 atom stereocenters. The van der Waals surface area contributed by atoms with Crippen LogP contribution in [0.3, 0.4) is 0 Å². The zero-order valence-electron chi connectivity index (χ0n) is 9.63. The Balaban J connectivity index is 2.42. The molecule has 0 saturated heterocycles. The fourth-order valence-corrected chi connectivity index (χ4v) is 1.19. The van der Waals surface area contributed by atoms with Crippen molar-refractivity contribution in [3.8, 4) is 0 Å². The lowest BCUT2D eigenvalue weighted by Crippen LogP contribution is -2.44. The van der Waals surface area contributed by atoms with Crippen molar-refractivity contribution in [3.05, 3.63) is 48.6 Å². The predicted octanol–water partition coefficient (Wildman–Crippen LogP) is 0.973. The van der Waals surface area contributed by atoms with Gasteiger partial charge in [0.15, 0.2) is 0 Å². The standard InChI is InChI=1S/C12H14N2O4/c1-2-10(11(15)14-17)13-12(16)18-8-9-6-4-3-5-7-9/h2-7,10,17H,1,8H2,(H,13,16)(H,14,15). The molecule has 6 nitrogen and oxygen atoms in total. The second kappa shape index (κ2) is 7.08. The molecule has 2 amide bonds. The number of carbonyl (C=O) groups is 2. The molecule has 0 aliphatic carbocycles. The number of hydroxylamine groups is 1. The summed E-state index contributed by atoms with van der Waals surface area (Å²) in [5.41, 5.74) is 2.24. The number of amides is 2. The Bertz CT molecular complexity index is 419. The highest BCUT2D eigenvalue weighted by molar-refractivity contribution is 5.86. The Morgan fingerprint density at radius 2 is 2.06 bits per heavy atom. The lowest BCUT2D eigenvalue weighted by molar-refractivity contribution is -0.130. The summed E-state index contributed by atoms with van der Waals surface area (Å²) in [7, 11) is 0. The highest BCUT2D eigenvalue weighted by Gasteiger charge is 2.17. The van der Waals surface area contributed by atoms with Crippen molar-refractivity contribution in [2.75, 3.05) is 0 Å². The molecule has 0 aromatic heterocycles. The molecule has 0 heterocycles. The van der Waals surface area contributed by atoms with Crippen LogP contribution in [-0.4, -0.2) is 23.2 Å². The maximum Gasteiger partial charge on any atom is 0.408 e. The summed E-state index contributed by atoms with van der Waals surface area (Å²) in [5, 5.41) is 10.7. The summed E-state index contributed by atoms with van der Waals surface area (Å²) >= 11 is 0. The summed E-state index contributed by atoms with van der Waals surface area (Å²) < 4.78 is 4.90. The van der Waals surface area contributed by atoms with Gasteiger partial charge in [0.25, 0.3) is 5.91 Å². The molecule has 0 radical (unpaired) electrons. The molecule has 0 fully saturated rings. The van der Waals surface area contributed by atoms with Gasteiger partial charge in [0.2, 0.25) is 0 Å². The van der Waals surface area contributed by atoms with Gasteiger partial charge in [-0.3, -0.25) is 10.0 Å². The van der Waals surface area contributed by atoms with Crippen LogP contribution in [0.1, 0.15) is 5.56 Å². The molecule has 0 aliphatic rings. The second-order valence-electron chi connectivity index (χ2n) is 3.40. The van der Waals surface area contributed by atoms with E-state index in [9.17, 15) is 9.59 Å². The minimum Gasteiger partial charge on any atom is -0.445 e. The van der Waals surface area contributed by atoms with Gasteiger partial charge in [-0.05, 0) is 5.56 Å². The van der Waals surface area contributed by atoms with Gasteiger partial charge < -0.3 is 10.1 Å². The largest absolute Gasteiger partial charge is 0.445 e. The van der Waals surface area contributed by atoms with Crippen molar-refractivity contribution in [1.29, 1.82) is 0 Å². The molecule has 0 saturated carbocycles. The first-order valence-electron chi connectivity index (χ1n) is 5.21. The Labute approximate surface area is 104 Å². The van der Waals surface area contributed by atoms with Gasteiger partial charge in [-0.15, -0.1) is 6.58 Å². The van der Waals surface area contributed by atoms with E-state index in [2.05, 4.69) is 11.9 Å². The van der Waals surface area contributed by atoms with Crippen LogP contribution in [0, 0.1) is 0 Å². The zero-order chi connectivity index (χ0) is 13.4. The van der Waals surface area contributed by atoms with Crippen LogP contribution in [0.2, 0.25) is 0 Å². The minimum atomic E-state index is -1.04. The molecule has 3 N–H and O–H groups in total. The van der Waals surface area contributed by atoms with Crippen molar-refractivity contribution >= 4 is 12.0 Å². The highest BCUT2D eigenvalue weighted by atomic mass is 16.5. The fourth-order valence-electron chi connectivity index (χ4n) is 1.19. The van der Waals surface area contributed by atoms with Crippen LogP contribution in [0.25, 0.3) is 0 Å². The van der Waals surface area contributed by atoms with Gasteiger partial charge in [-0.1, -0.05) is 36.4 Å². The zero-order valence-corrected chi connectivity index (χ0v) is 9.63. The van der Waals surface area contributed by atoms with E-state index in [1.54, 1.807) is 12.1 Å². The summed E-state index contributed by atoms with van der Waals surface area (Å²) in [6.45, 7) is 3.45. The molecular weight excluding hydrogens is 236 g/mol. The first-order chi connectivity index (χ1) is 8.67. The molecule has 1 aromatic carbocycles. The van der Waals surface area contributed by atoms with Crippen LogP contribution < -0.4 is 10.8 Å². The van der Waals surface area contributed by atoms with Gasteiger partial charge in [0.05, 0.1) is 0 Å². The van der Waals surface area contributed by atoms with Crippen molar-refractivity contribution < 1.29 is 19.5 Å². The number of benzene rings is 1. The molecule has 1 rings (SSSR count). The fraction of sp³-hybridized carbons (Fsp3) is 0.167. The number of carbonyl (C=O) groups excluding carboxylic acids is 2. The van der Waals surface area contributed by atoms with Gasteiger partial charge >= 0.3 is 6.09 Å². The van der Waals surface area contributed by atoms with Crippen molar-refractivity contribution in [2.24, 2.45) is 0 Å². The maximum absolute atomic E-state index is 11.4. The average Bonchev–Trinajstić information content (AvgIpc) is 2.42.